The predicted molar refractivity (Wildman–Crippen MR) is 135 cm³/mol. The van der Waals surface area contributed by atoms with E-state index >= 15 is 0 Å². The van der Waals surface area contributed by atoms with Gasteiger partial charge in [0.25, 0.3) is 0 Å². The van der Waals surface area contributed by atoms with Crippen LogP contribution >= 0.6 is 0 Å². The molecule has 0 bridgehead atoms. The van der Waals surface area contributed by atoms with Gasteiger partial charge in [-0.1, -0.05) is 19.1 Å². The van der Waals surface area contributed by atoms with Crippen molar-refractivity contribution in [3.8, 4) is 0 Å². The minimum absolute atomic E-state index is 0.149. The molecule has 1 aromatic heterocycles. The molecule has 206 valence electrons. The Balaban J connectivity index is 1.36. The smallest absolute Gasteiger partial charge is 0.387 e. The van der Waals surface area contributed by atoms with E-state index in [1.807, 2.05) is 0 Å². The maximum atomic E-state index is 13.1. The molecule has 3 aliphatic rings. The van der Waals surface area contributed by atoms with Gasteiger partial charge in [-0.2, -0.15) is 13.2 Å². The molecule has 2 saturated heterocycles. The van der Waals surface area contributed by atoms with Crippen molar-refractivity contribution < 1.29 is 27.8 Å². The second kappa shape index (κ2) is 11.3. The first-order valence-corrected chi connectivity index (χ1v) is 13.2. The third-order valence-electron chi connectivity index (χ3n) is 8.02. The van der Waals surface area contributed by atoms with Crippen LogP contribution in [0.3, 0.4) is 0 Å². The van der Waals surface area contributed by atoms with E-state index in [-0.39, 0.29) is 18.1 Å². The van der Waals surface area contributed by atoms with Crippen molar-refractivity contribution in [3.63, 3.8) is 0 Å². The molecule has 4 atom stereocenters. The number of piperazine rings is 1. The Kier molecular flexibility index (Phi) is 7.99. The number of alkyl halides is 3. The zero-order valence-corrected chi connectivity index (χ0v) is 21.4. The van der Waals surface area contributed by atoms with Crippen LogP contribution in [0.25, 0.3) is 0 Å². The van der Waals surface area contributed by atoms with Crippen LogP contribution in [0.1, 0.15) is 66.5 Å². The number of aldehydes is 1. The minimum atomic E-state index is -4.43. The molecule has 5 rings (SSSR count). The number of aliphatic hydroxyl groups is 1. The maximum Gasteiger partial charge on any atom is 0.416 e. The quantitative estimate of drug-likeness (QED) is 0.525. The summed E-state index contributed by atoms with van der Waals surface area (Å²) in [6.07, 6.45) is -0.785. The Morgan fingerprint density at radius 3 is 2.42 bits per heavy atom. The summed E-state index contributed by atoms with van der Waals surface area (Å²) < 4.78 is 44.9. The summed E-state index contributed by atoms with van der Waals surface area (Å²) in [4.78, 5) is 25.7. The van der Waals surface area contributed by atoms with Gasteiger partial charge < -0.3 is 19.5 Å². The van der Waals surface area contributed by atoms with Crippen molar-refractivity contribution in [2.24, 2.45) is 0 Å². The van der Waals surface area contributed by atoms with Crippen LogP contribution < -0.4 is 10.2 Å². The predicted octanol–water partition coefficient (Wildman–Crippen LogP) is 3.24. The molecule has 2 unspecified atom stereocenters. The van der Waals surface area contributed by atoms with Crippen molar-refractivity contribution in [2.45, 2.75) is 62.5 Å². The highest BCUT2D eigenvalue weighted by molar-refractivity contribution is 5.63. The number of fused-ring (bicyclic) bond motifs is 1. The molecular weight excluding hydrogens is 499 g/mol. The third kappa shape index (κ3) is 5.56. The summed E-state index contributed by atoms with van der Waals surface area (Å²) in [7, 11) is 0. The van der Waals surface area contributed by atoms with Crippen molar-refractivity contribution in [2.75, 3.05) is 44.3 Å². The highest BCUT2D eigenvalue weighted by Gasteiger charge is 2.37. The number of benzene rings is 1. The second-order valence-electron chi connectivity index (χ2n) is 10.5. The van der Waals surface area contributed by atoms with Gasteiger partial charge in [0.2, 0.25) is 0 Å². The van der Waals surface area contributed by atoms with E-state index in [2.05, 4.69) is 32.0 Å². The van der Waals surface area contributed by atoms with Gasteiger partial charge in [-0.3, -0.25) is 10.2 Å². The highest BCUT2D eigenvalue weighted by atomic mass is 19.4. The topological polar surface area (TPSA) is 90.8 Å². The molecule has 0 radical (unpaired) electrons. The first-order valence-electron chi connectivity index (χ1n) is 13.2. The molecular formula is C27H34F3N5O3. The number of hydrogen-bond donors (Lipinski definition) is 2. The molecule has 2 aliphatic heterocycles. The van der Waals surface area contributed by atoms with Crippen LogP contribution in [0, 0.1) is 0 Å². The number of nitrogens with zero attached hydrogens (tertiary/aromatic N) is 4. The summed E-state index contributed by atoms with van der Waals surface area (Å²) in [5, 5.41) is 14.0. The zero-order chi connectivity index (χ0) is 26.9. The first kappa shape index (κ1) is 27.0. The number of anilines is 1. The summed E-state index contributed by atoms with van der Waals surface area (Å²) in [6.45, 7) is 5.95. The number of carbonyl (C=O) groups is 1. The maximum absolute atomic E-state index is 13.1. The SMILES string of the molecule is C[C@@H]1C[C@@H](O)c2ncnc(N3CCN(C(NC4CCOCC4)C(C=O)c4ccc(C(F)(F)F)cc4)CC3)c21. The van der Waals surface area contributed by atoms with Gasteiger partial charge in [0.05, 0.1) is 29.4 Å². The highest BCUT2D eigenvalue weighted by Crippen LogP contribution is 2.43. The Labute approximate surface area is 220 Å². The van der Waals surface area contributed by atoms with Crippen LogP contribution in [-0.2, 0) is 15.7 Å². The van der Waals surface area contributed by atoms with Gasteiger partial charge in [0, 0.05) is 51.0 Å². The first-order chi connectivity index (χ1) is 18.3. The lowest BCUT2D eigenvalue weighted by atomic mass is 9.93. The summed E-state index contributed by atoms with van der Waals surface area (Å²) in [5.74, 6) is 0.378. The van der Waals surface area contributed by atoms with E-state index in [4.69, 9.17) is 4.74 Å². The Morgan fingerprint density at radius 1 is 1.11 bits per heavy atom. The molecule has 2 aromatic rings. The number of ether oxygens (including phenoxy) is 1. The van der Waals surface area contributed by atoms with Crippen molar-refractivity contribution in [3.05, 3.63) is 53.0 Å². The van der Waals surface area contributed by atoms with Gasteiger partial charge in [0.15, 0.2) is 0 Å². The van der Waals surface area contributed by atoms with E-state index < -0.39 is 23.8 Å². The number of carbonyl (C=O) groups excluding carboxylic acids is 1. The lowest BCUT2D eigenvalue weighted by Crippen LogP contribution is -2.59. The molecule has 0 spiro atoms. The van der Waals surface area contributed by atoms with Crippen molar-refractivity contribution in [1.82, 2.24) is 20.2 Å². The molecule has 2 N–H and O–H groups in total. The van der Waals surface area contributed by atoms with Crippen LogP contribution in [0.5, 0.6) is 0 Å². The molecule has 11 heteroatoms. The van der Waals surface area contributed by atoms with Crippen molar-refractivity contribution >= 4 is 12.1 Å². The molecule has 0 amide bonds. The summed E-state index contributed by atoms with van der Waals surface area (Å²) in [6, 6.07) is 5.05. The standard InChI is InChI=1S/C27H34F3N5O3/c1-17-14-22(37)24-23(17)26(32-16-31-24)35-10-8-34(9-11-35)25(33-20-6-12-38-13-7-20)21(15-36)18-2-4-19(5-3-18)27(28,29)30/h2-5,15-17,20-22,25,33,37H,6-14H2,1H3/t17-,21?,22-,25?/m1/s1. The van der Waals surface area contributed by atoms with Crippen LogP contribution in [-0.4, -0.2) is 77.9 Å². The fourth-order valence-corrected chi connectivity index (χ4v) is 5.94. The number of hydrogen-bond acceptors (Lipinski definition) is 8. The van der Waals surface area contributed by atoms with E-state index in [9.17, 15) is 23.1 Å². The monoisotopic (exact) mass is 533 g/mol. The fourth-order valence-electron chi connectivity index (χ4n) is 5.94. The fraction of sp³-hybridized carbons (Fsp3) is 0.593. The van der Waals surface area contributed by atoms with Gasteiger partial charge in [0.1, 0.15) is 18.4 Å². The lowest BCUT2D eigenvalue weighted by molar-refractivity contribution is -0.137. The van der Waals surface area contributed by atoms with Gasteiger partial charge in [-0.05, 0) is 42.9 Å². The second-order valence-corrected chi connectivity index (χ2v) is 10.5. The number of halogens is 3. The molecule has 1 aliphatic carbocycles. The molecule has 2 fully saturated rings. The van der Waals surface area contributed by atoms with E-state index in [0.29, 0.717) is 57.1 Å². The average molecular weight is 534 g/mol. The summed E-state index contributed by atoms with van der Waals surface area (Å²) in [5.41, 5.74) is 1.52. The van der Waals surface area contributed by atoms with Crippen molar-refractivity contribution in [1.29, 1.82) is 0 Å². The van der Waals surface area contributed by atoms with Gasteiger partial charge >= 0.3 is 6.18 Å². The normalized spacial score (nSPS) is 24.7. The Hall–Kier alpha value is -2.60. The zero-order valence-electron chi connectivity index (χ0n) is 21.4. The van der Waals surface area contributed by atoms with Gasteiger partial charge in [-0.25, -0.2) is 9.97 Å². The summed E-state index contributed by atoms with van der Waals surface area (Å²) >= 11 is 0. The van der Waals surface area contributed by atoms with Crippen LogP contribution in [0.2, 0.25) is 0 Å². The largest absolute Gasteiger partial charge is 0.416 e. The number of aliphatic hydroxyl groups excluding tert-OH is 1. The molecule has 38 heavy (non-hydrogen) atoms. The van der Waals surface area contributed by atoms with Crippen LogP contribution in [0.15, 0.2) is 30.6 Å². The van der Waals surface area contributed by atoms with Crippen LogP contribution in [0.4, 0.5) is 19.0 Å². The van der Waals surface area contributed by atoms with Gasteiger partial charge in [-0.15, -0.1) is 0 Å². The third-order valence-corrected chi connectivity index (χ3v) is 8.02. The molecule has 3 heterocycles. The molecule has 8 nitrogen and oxygen atoms in total. The molecule has 1 aromatic carbocycles. The van der Waals surface area contributed by atoms with E-state index in [1.54, 1.807) is 0 Å². The Bertz CT molecular complexity index is 1100. The number of aromatic nitrogens is 2. The van der Waals surface area contributed by atoms with E-state index in [0.717, 1.165) is 42.6 Å². The lowest BCUT2D eigenvalue weighted by Gasteiger charge is -2.44. The number of nitrogens with one attached hydrogen (secondary N) is 1. The Morgan fingerprint density at radius 2 is 1.79 bits per heavy atom. The minimum Gasteiger partial charge on any atom is -0.387 e. The van der Waals surface area contributed by atoms with E-state index in [1.165, 1.54) is 18.5 Å². The molecule has 0 saturated carbocycles. The average Bonchev–Trinajstić information content (AvgIpc) is 3.22. The number of rotatable bonds is 7.